The maximum Gasteiger partial charge on any atom is 0.445 e. The van der Waals surface area contributed by atoms with Gasteiger partial charge in [-0.15, -0.1) is 10.2 Å². The Kier molecular flexibility index (Phi) is 3.42. The Labute approximate surface area is 84.6 Å². The van der Waals surface area contributed by atoms with Crippen LogP contribution in [0.4, 0.5) is 18.3 Å². The monoisotopic (exact) mass is 243 g/mol. The van der Waals surface area contributed by atoms with E-state index in [0.29, 0.717) is 0 Å². The maximum absolute atomic E-state index is 12.0. The molecule has 0 bridgehead atoms. The molecule has 0 atom stereocenters. The Morgan fingerprint density at radius 3 is 2.67 bits per heavy atom. The average Bonchev–Trinajstić information content (AvgIpc) is 2.51. The van der Waals surface area contributed by atoms with Gasteiger partial charge in [0.1, 0.15) is 0 Å². The molecule has 0 spiro atoms. The number of hydrogen-bond acceptors (Lipinski definition) is 6. The number of nitrogens with zero attached hydrogens (tertiary/aromatic N) is 2. The van der Waals surface area contributed by atoms with Crippen molar-refractivity contribution < 1.29 is 27.9 Å². The van der Waals surface area contributed by atoms with Crippen molar-refractivity contribution in [1.29, 1.82) is 0 Å². The topological polar surface area (TPSA) is 84.3 Å². The van der Waals surface area contributed by atoms with Crippen molar-refractivity contribution in [1.82, 2.24) is 10.2 Å². The molecule has 0 aliphatic heterocycles. The Bertz CT molecular complexity index is 353. The summed E-state index contributed by atoms with van der Waals surface area (Å²) in [6.07, 6.45) is -4.57. The molecule has 0 aliphatic carbocycles. The van der Waals surface area contributed by atoms with E-state index in [1.807, 2.05) is 5.48 Å². The Morgan fingerprint density at radius 2 is 2.20 bits per heavy atom. The number of halogens is 3. The fourth-order valence-corrected chi connectivity index (χ4v) is 1.10. The molecule has 0 fully saturated rings. The highest BCUT2D eigenvalue weighted by Gasteiger charge is 2.35. The molecule has 0 radical (unpaired) electrons. The molecule has 15 heavy (non-hydrogen) atoms. The van der Waals surface area contributed by atoms with E-state index in [4.69, 9.17) is 5.11 Å². The number of carbonyl (C=O) groups is 1. The summed E-state index contributed by atoms with van der Waals surface area (Å²) in [6, 6.07) is 0. The van der Waals surface area contributed by atoms with Crippen LogP contribution in [0.2, 0.25) is 0 Å². The molecule has 1 aromatic heterocycles. The summed E-state index contributed by atoms with van der Waals surface area (Å²) in [6.45, 7) is -0.694. The predicted octanol–water partition coefficient (Wildman–Crippen LogP) is 0.985. The van der Waals surface area contributed by atoms with Crippen LogP contribution in [0.15, 0.2) is 0 Å². The SMILES string of the molecule is O=C(O)CONc1nnc(C(F)(F)F)s1. The zero-order valence-electron chi connectivity index (χ0n) is 6.91. The molecule has 6 nitrogen and oxygen atoms in total. The van der Waals surface area contributed by atoms with Crippen LogP contribution in [0.25, 0.3) is 0 Å². The normalized spacial score (nSPS) is 11.4. The summed E-state index contributed by atoms with van der Waals surface area (Å²) < 4.78 is 36.0. The van der Waals surface area contributed by atoms with Crippen LogP contribution in [0.5, 0.6) is 0 Å². The Morgan fingerprint density at radius 1 is 1.53 bits per heavy atom. The third kappa shape index (κ3) is 3.67. The average molecular weight is 243 g/mol. The van der Waals surface area contributed by atoms with E-state index < -0.39 is 23.8 Å². The lowest BCUT2D eigenvalue weighted by Crippen LogP contribution is -2.11. The molecule has 0 unspecified atom stereocenters. The van der Waals surface area contributed by atoms with Crippen molar-refractivity contribution in [2.24, 2.45) is 0 Å². The number of aliphatic carboxylic acids is 1. The first-order valence-corrected chi connectivity index (χ1v) is 4.21. The number of hydrogen-bond donors (Lipinski definition) is 2. The number of aromatic nitrogens is 2. The number of carboxylic acids is 1. The lowest BCUT2D eigenvalue weighted by Gasteiger charge is -1.99. The first kappa shape index (κ1) is 11.7. The molecule has 2 N–H and O–H groups in total. The van der Waals surface area contributed by atoms with Crippen molar-refractivity contribution in [2.45, 2.75) is 6.18 Å². The van der Waals surface area contributed by atoms with E-state index in [0.717, 1.165) is 0 Å². The van der Waals surface area contributed by atoms with Gasteiger partial charge in [-0.2, -0.15) is 13.2 Å². The van der Waals surface area contributed by atoms with Gasteiger partial charge in [0.05, 0.1) is 0 Å². The lowest BCUT2D eigenvalue weighted by molar-refractivity contribution is -0.141. The lowest BCUT2D eigenvalue weighted by atomic mass is 10.7. The van der Waals surface area contributed by atoms with E-state index in [1.54, 1.807) is 0 Å². The number of rotatable bonds is 4. The van der Waals surface area contributed by atoms with Gasteiger partial charge in [0.2, 0.25) is 10.1 Å². The van der Waals surface area contributed by atoms with Crippen LogP contribution in [0, 0.1) is 0 Å². The number of nitrogens with one attached hydrogen (secondary N) is 1. The zero-order valence-corrected chi connectivity index (χ0v) is 7.72. The molecular weight excluding hydrogens is 239 g/mol. The molecule has 0 saturated carbocycles. The smallest absolute Gasteiger partial charge is 0.445 e. The summed E-state index contributed by atoms with van der Waals surface area (Å²) in [4.78, 5) is 14.3. The van der Waals surface area contributed by atoms with Gasteiger partial charge in [0.25, 0.3) is 0 Å². The molecule has 0 aliphatic rings. The second-order valence-corrected chi connectivity index (χ2v) is 3.17. The van der Waals surface area contributed by atoms with E-state index >= 15 is 0 Å². The molecule has 0 aromatic carbocycles. The standard InChI is InChI=1S/C5H4F3N3O3S/c6-5(7,8)3-9-10-4(15-3)11-14-1-2(12)13/h1H2,(H,10,11)(H,12,13). The van der Waals surface area contributed by atoms with Crippen LogP contribution in [-0.4, -0.2) is 27.9 Å². The largest absolute Gasteiger partial charge is 0.479 e. The second-order valence-electron chi connectivity index (χ2n) is 2.19. The fraction of sp³-hybridized carbons (Fsp3) is 0.400. The van der Waals surface area contributed by atoms with Crippen molar-refractivity contribution in [2.75, 3.05) is 12.1 Å². The van der Waals surface area contributed by atoms with E-state index in [-0.39, 0.29) is 16.5 Å². The molecule has 84 valence electrons. The van der Waals surface area contributed by atoms with Crippen molar-refractivity contribution in [3.8, 4) is 0 Å². The van der Waals surface area contributed by atoms with Crippen LogP contribution in [0.1, 0.15) is 5.01 Å². The molecular formula is C5H4F3N3O3S. The van der Waals surface area contributed by atoms with Crippen LogP contribution >= 0.6 is 11.3 Å². The molecule has 1 heterocycles. The van der Waals surface area contributed by atoms with E-state index in [1.165, 1.54) is 0 Å². The molecule has 1 rings (SSSR count). The van der Waals surface area contributed by atoms with Gasteiger partial charge < -0.3 is 5.11 Å². The first-order valence-electron chi connectivity index (χ1n) is 3.40. The molecule has 0 amide bonds. The third-order valence-corrected chi connectivity index (χ3v) is 1.89. The first-order chi connectivity index (χ1) is 6.89. The van der Waals surface area contributed by atoms with Crippen molar-refractivity contribution in [3.05, 3.63) is 5.01 Å². The van der Waals surface area contributed by atoms with E-state index in [2.05, 4.69) is 15.0 Å². The Hall–Kier alpha value is -1.42. The van der Waals surface area contributed by atoms with Crippen molar-refractivity contribution in [3.63, 3.8) is 0 Å². The minimum atomic E-state index is -4.57. The Balaban J connectivity index is 2.50. The maximum atomic E-state index is 12.0. The van der Waals surface area contributed by atoms with Gasteiger partial charge in [-0.3, -0.25) is 4.84 Å². The van der Waals surface area contributed by atoms with Gasteiger partial charge in [-0.1, -0.05) is 11.3 Å². The molecule has 10 heteroatoms. The quantitative estimate of drug-likeness (QED) is 0.767. The number of anilines is 1. The highest BCUT2D eigenvalue weighted by molar-refractivity contribution is 7.15. The van der Waals surface area contributed by atoms with Crippen LogP contribution in [0.3, 0.4) is 0 Å². The summed E-state index contributed by atoms with van der Waals surface area (Å²) in [5, 5.41) is 12.7. The van der Waals surface area contributed by atoms with Crippen molar-refractivity contribution >= 4 is 22.4 Å². The molecule has 1 aromatic rings. The number of alkyl halides is 3. The zero-order chi connectivity index (χ0) is 11.5. The van der Waals surface area contributed by atoms with Crippen LogP contribution in [-0.2, 0) is 15.8 Å². The molecule has 0 saturated heterocycles. The summed E-state index contributed by atoms with van der Waals surface area (Å²) >= 11 is 0.215. The van der Waals surface area contributed by atoms with Crippen LogP contribution < -0.4 is 5.48 Å². The number of carboxylic acid groups (broad SMARTS) is 1. The summed E-state index contributed by atoms with van der Waals surface area (Å²) in [5.41, 5.74) is 1.93. The highest BCUT2D eigenvalue weighted by atomic mass is 32.1. The highest BCUT2D eigenvalue weighted by Crippen LogP contribution is 2.32. The van der Waals surface area contributed by atoms with E-state index in [9.17, 15) is 18.0 Å². The van der Waals surface area contributed by atoms with Gasteiger partial charge in [-0.25, -0.2) is 10.3 Å². The summed E-state index contributed by atoms with van der Waals surface area (Å²) in [5.74, 6) is -1.26. The van der Waals surface area contributed by atoms with Gasteiger partial charge >= 0.3 is 12.1 Å². The summed E-state index contributed by atoms with van der Waals surface area (Å²) in [7, 11) is 0. The minimum absolute atomic E-state index is 0.215. The van der Waals surface area contributed by atoms with Gasteiger partial charge in [-0.05, 0) is 0 Å². The minimum Gasteiger partial charge on any atom is -0.479 e. The third-order valence-electron chi connectivity index (χ3n) is 1.02. The predicted molar refractivity (Wildman–Crippen MR) is 42.1 cm³/mol. The van der Waals surface area contributed by atoms with Gasteiger partial charge in [0.15, 0.2) is 6.61 Å². The second kappa shape index (κ2) is 4.40. The fourth-order valence-electron chi connectivity index (χ4n) is 0.539. The van der Waals surface area contributed by atoms with Gasteiger partial charge in [0, 0.05) is 0 Å².